The smallest absolute Gasteiger partial charge is 0.265 e. The fraction of sp³-hybridized carbons (Fsp3) is 0.381. The summed E-state index contributed by atoms with van der Waals surface area (Å²) >= 11 is 5.86. The lowest BCUT2D eigenvalue weighted by Crippen LogP contribution is -2.27. The molecule has 2 aliphatic rings. The molecule has 154 valence electrons. The molecule has 3 unspecified atom stereocenters. The second-order valence-corrected chi connectivity index (χ2v) is 9.84. The second kappa shape index (κ2) is 7.88. The first kappa shape index (κ1) is 20.0. The lowest BCUT2D eigenvalue weighted by molar-refractivity contribution is -0.121. The van der Waals surface area contributed by atoms with E-state index >= 15 is 0 Å². The molecule has 0 radical (unpaired) electrons. The van der Waals surface area contributed by atoms with Crippen molar-refractivity contribution in [3.63, 3.8) is 0 Å². The van der Waals surface area contributed by atoms with Crippen molar-refractivity contribution in [2.45, 2.75) is 30.6 Å². The number of carbonyl (C=O) groups excluding carboxylic acids is 1. The van der Waals surface area contributed by atoms with Crippen LogP contribution in [0.2, 0.25) is 5.02 Å². The van der Waals surface area contributed by atoms with E-state index in [9.17, 15) is 13.2 Å². The maximum atomic E-state index is 12.9. The summed E-state index contributed by atoms with van der Waals surface area (Å²) in [7, 11) is -2.52. The van der Waals surface area contributed by atoms with Gasteiger partial charge in [0, 0.05) is 22.3 Å². The molecule has 2 N–H and O–H groups in total. The molecule has 2 fully saturated rings. The first-order chi connectivity index (χ1) is 13.9. The topological polar surface area (TPSA) is 84.5 Å². The van der Waals surface area contributed by atoms with E-state index in [2.05, 4.69) is 10.0 Å². The zero-order chi connectivity index (χ0) is 20.6. The van der Waals surface area contributed by atoms with Gasteiger partial charge >= 0.3 is 0 Å². The number of hydrogen-bond acceptors (Lipinski definition) is 4. The third kappa shape index (κ3) is 4.21. The molecule has 0 saturated heterocycles. The van der Waals surface area contributed by atoms with E-state index in [1.165, 1.54) is 19.6 Å². The Morgan fingerprint density at radius 3 is 2.41 bits per heavy atom. The molecule has 0 spiro atoms. The van der Waals surface area contributed by atoms with Crippen molar-refractivity contribution in [1.82, 2.24) is 0 Å². The van der Waals surface area contributed by atoms with Gasteiger partial charge in [0.1, 0.15) is 10.6 Å². The zero-order valence-corrected chi connectivity index (χ0v) is 17.6. The number of sulfonamides is 1. The number of benzene rings is 2. The Hall–Kier alpha value is -2.25. The number of carbonyl (C=O) groups is 1. The monoisotopic (exact) mass is 434 g/mol. The standard InChI is InChI=1S/C21H23ClN2O4S/c1-28-19-9-8-17(23-21(25)18-11-13-2-3-14(18)10-13)12-20(19)29(26,27)24-16-6-4-15(22)5-7-16/h4-9,12-14,18,24H,2-3,10-11H2,1H3,(H,23,25). The molecule has 2 aromatic rings. The van der Waals surface area contributed by atoms with Gasteiger partial charge in [-0.1, -0.05) is 18.0 Å². The lowest BCUT2D eigenvalue weighted by Gasteiger charge is -2.21. The van der Waals surface area contributed by atoms with E-state index in [1.54, 1.807) is 36.4 Å². The van der Waals surface area contributed by atoms with E-state index < -0.39 is 10.0 Å². The summed E-state index contributed by atoms with van der Waals surface area (Å²) in [6, 6.07) is 11.0. The molecule has 0 heterocycles. The molecular formula is C21H23ClN2O4S. The summed E-state index contributed by atoms with van der Waals surface area (Å²) in [6.45, 7) is 0. The van der Waals surface area contributed by atoms with Gasteiger partial charge in [0.05, 0.1) is 7.11 Å². The van der Waals surface area contributed by atoms with Gasteiger partial charge in [-0.15, -0.1) is 0 Å². The Balaban J connectivity index is 1.56. The molecule has 3 atom stereocenters. The van der Waals surface area contributed by atoms with Crippen molar-refractivity contribution in [3.8, 4) is 5.75 Å². The van der Waals surface area contributed by atoms with Gasteiger partial charge in [0.2, 0.25) is 5.91 Å². The SMILES string of the molecule is COc1ccc(NC(=O)C2CC3CCC2C3)cc1S(=O)(=O)Nc1ccc(Cl)cc1. The van der Waals surface area contributed by atoms with E-state index in [0.717, 1.165) is 19.3 Å². The van der Waals surface area contributed by atoms with Crippen LogP contribution in [-0.2, 0) is 14.8 Å². The van der Waals surface area contributed by atoms with Crippen molar-refractivity contribution in [2.75, 3.05) is 17.1 Å². The molecule has 1 amide bonds. The van der Waals surface area contributed by atoms with Crippen LogP contribution in [0.1, 0.15) is 25.7 Å². The molecule has 2 aliphatic carbocycles. The molecule has 4 rings (SSSR count). The first-order valence-electron chi connectivity index (χ1n) is 9.63. The van der Waals surface area contributed by atoms with Crippen LogP contribution < -0.4 is 14.8 Å². The van der Waals surface area contributed by atoms with Gasteiger partial charge in [-0.2, -0.15) is 0 Å². The van der Waals surface area contributed by atoms with Crippen LogP contribution in [0.25, 0.3) is 0 Å². The summed E-state index contributed by atoms with van der Waals surface area (Å²) in [5.74, 6) is 1.29. The summed E-state index contributed by atoms with van der Waals surface area (Å²) in [6.07, 6.45) is 4.38. The van der Waals surface area contributed by atoms with Gasteiger partial charge in [-0.3, -0.25) is 9.52 Å². The average molecular weight is 435 g/mol. The maximum absolute atomic E-state index is 12.9. The Labute approximate surface area is 175 Å². The molecule has 8 heteroatoms. The van der Waals surface area contributed by atoms with Crippen LogP contribution in [0.15, 0.2) is 47.4 Å². The minimum Gasteiger partial charge on any atom is -0.495 e. The number of rotatable bonds is 6. The van der Waals surface area contributed by atoms with Gasteiger partial charge in [0.25, 0.3) is 10.0 Å². The molecule has 2 saturated carbocycles. The Morgan fingerprint density at radius 1 is 1.07 bits per heavy atom. The fourth-order valence-corrected chi connectivity index (χ4v) is 5.87. The Bertz CT molecular complexity index is 1020. The molecule has 0 aliphatic heterocycles. The van der Waals surface area contributed by atoms with Gasteiger partial charge in [0.15, 0.2) is 0 Å². The highest BCUT2D eigenvalue weighted by Gasteiger charge is 2.43. The minimum absolute atomic E-state index is 0.0168. The van der Waals surface area contributed by atoms with Crippen molar-refractivity contribution >= 4 is 38.9 Å². The second-order valence-electron chi connectivity index (χ2n) is 7.75. The van der Waals surface area contributed by atoms with Crippen LogP contribution in [0.3, 0.4) is 0 Å². The van der Waals surface area contributed by atoms with Crippen molar-refractivity contribution in [3.05, 3.63) is 47.5 Å². The number of ether oxygens (including phenoxy) is 1. The van der Waals surface area contributed by atoms with Gasteiger partial charge in [-0.05, 0) is 73.6 Å². The maximum Gasteiger partial charge on any atom is 0.265 e. The largest absolute Gasteiger partial charge is 0.495 e. The quantitative estimate of drug-likeness (QED) is 0.699. The average Bonchev–Trinajstić information content (AvgIpc) is 3.33. The van der Waals surface area contributed by atoms with E-state index in [1.807, 2.05) is 0 Å². The third-order valence-corrected chi connectivity index (χ3v) is 7.55. The third-order valence-electron chi connectivity index (χ3n) is 5.89. The Kier molecular flexibility index (Phi) is 5.44. The van der Waals surface area contributed by atoms with Crippen molar-refractivity contribution in [2.24, 2.45) is 17.8 Å². The molecule has 2 bridgehead atoms. The summed E-state index contributed by atoms with van der Waals surface area (Å²) < 4.78 is 33.6. The highest BCUT2D eigenvalue weighted by atomic mass is 35.5. The van der Waals surface area contributed by atoms with E-state index in [-0.39, 0.29) is 22.5 Å². The van der Waals surface area contributed by atoms with E-state index in [4.69, 9.17) is 16.3 Å². The zero-order valence-electron chi connectivity index (χ0n) is 16.0. The number of methoxy groups -OCH3 is 1. The Morgan fingerprint density at radius 2 is 1.79 bits per heavy atom. The van der Waals surface area contributed by atoms with Crippen LogP contribution in [0, 0.1) is 17.8 Å². The summed E-state index contributed by atoms with van der Waals surface area (Å²) in [4.78, 5) is 12.7. The number of amides is 1. The first-order valence-corrected chi connectivity index (χ1v) is 11.5. The molecule has 29 heavy (non-hydrogen) atoms. The van der Waals surface area contributed by atoms with Crippen LogP contribution in [0.4, 0.5) is 11.4 Å². The fourth-order valence-electron chi connectivity index (χ4n) is 4.49. The highest BCUT2D eigenvalue weighted by Crippen LogP contribution is 2.48. The van der Waals surface area contributed by atoms with Crippen LogP contribution in [-0.4, -0.2) is 21.4 Å². The highest BCUT2D eigenvalue weighted by molar-refractivity contribution is 7.92. The molecule has 2 aromatic carbocycles. The van der Waals surface area contributed by atoms with Gasteiger partial charge < -0.3 is 10.1 Å². The summed E-state index contributed by atoms with van der Waals surface area (Å²) in [5, 5.41) is 3.41. The normalized spacial score (nSPS) is 23.0. The molecular weight excluding hydrogens is 412 g/mol. The molecule has 0 aromatic heterocycles. The summed E-state index contributed by atoms with van der Waals surface area (Å²) in [5.41, 5.74) is 0.822. The lowest BCUT2D eigenvalue weighted by atomic mass is 9.88. The van der Waals surface area contributed by atoms with Crippen LogP contribution >= 0.6 is 11.6 Å². The van der Waals surface area contributed by atoms with E-state index in [0.29, 0.717) is 28.2 Å². The predicted molar refractivity (Wildman–Crippen MR) is 113 cm³/mol. The number of halogens is 1. The van der Waals surface area contributed by atoms with Crippen molar-refractivity contribution in [1.29, 1.82) is 0 Å². The number of nitrogens with one attached hydrogen (secondary N) is 2. The number of hydrogen-bond donors (Lipinski definition) is 2. The number of fused-ring (bicyclic) bond motifs is 2. The number of anilines is 2. The van der Waals surface area contributed by atoms with Gasteiger partial charge in [-0.25, -0.2) is 8.42 Å². The van der Waals surface area contributed by atoms with Crippen LogP contribution in [0.5, 0.6) is 5.75 Å². The predicted octanol–water partition coefficient (Wildman–Crippen LogP) is 4.52. The molecule has 6 nitrogen and oxygen atoms in total. The van der Waals surface area contributed by atoms with Crippen molar-refractivity contribution < 1.29 is 17.9 Å². The minimum atomic E-state index is -3.92.